The summed E-state index contributed by atoms with van der Waals surface area (Å²) in [6.45, 7) is 4.08. The average molecular weight is 370 g/mol. The Kier molecular flexibility index (Phi) is 4.31. The van der Waals surface area contributed by atoms with Crippen LogP contribution in [0.3, 0.4) is 0 Å². The minimum atomic E-state index is -0.840. The molecule has 2 bridgehead atoms. The molecule has 6 heteroatoms. The summed E-state index contributed by atoms with van der Waals surface area (Å²) in [6, 6.07) is 6.22. The lowest BCUT2D eigenvalue weighted by Gasteiger charge is -2.26. The highest BCUT2D eigenvalue weighted by Gasteiger charge is 2.54. The van der Waals surface area contributed by atoms with E-state index < -0.39 is 17.8 Å². The van der Waals surface area contributed by atoms with Crippen LogP contribution in [0, 0.1) is 37.5 Å². The van der Waals surface area contributed by atoms with Crippen LogP contribution in [0.1, 0.15) is 30.4 Å². The number of carbonyl (C=O) groups is 2. The van der Waals surface area contributed by atoms with E-state index in [1.807, 2.05) is 19.2 Å². The molecule has 2 aliphatic rings. The number of fused-ring (bicyclic) bond motifs is 2. The monoisotopic (exact) mass is 370 g/mol. The molecule has 5 nitrogen and oxygen atoms in total. The van der Waals surface area contributed by atoms with Crippen LogP contribution in [0.25, 0.3) is 11.3 Å². The van der Waals surface area contributed by atoms with Crippen LogP contribution in [-0.2, 0) is 9.59 Å². The lowest BCUT2D eigenvalue weighted by atomic mass is 9.79. The molecule has 4 rings (SSSR count). The minimum Gasteiger partial charge on any atom is -0.481 e. The maximum Gasteiger partial charge on any atom is 0.307 e. The predicted octanol–water partition coefficient (Wildman–Crippen LogP) is 4.11. The SMILES string of the molecule is Cc1ccc(C)c(-c2csc(NC(=O)C3C4CCC(C4)C3C(=O)O)n2)c1. The number of benzene rings is 1. The number of hydrogen-bond acceptors (Lipinski definition) is 4. The normalized spacial score (nSPS) is 26.8. The largest absolute Gasteiger partial charge is 0.481 e. The van der Waals surface area contributed by atoms with Gasteiger partial charge in [-0.05, 0) is 56.6 Å². The third kappa shape index (κ3) is 2.92. The van der Waals surface area contributed by atoms with Crippen LogP contribution in [0.5, 0.6) is 0 Å². The van der Waals surface area contributed by atoms with Crippen molar-refractivity contribution >= 4 is 28.3 Å². The summed E-state index contributed by atoms with van der Waals surface area (Å²) in [5, 5.41) is 14.9. The van der Waals surface area contributed by atoms with Crippen molar-refractivity contribution in [3.63, 3.8) is 0 Å². The molecular weight excluding hydrogens is 348 g/mol. The van der Waals surface area contributed by atoms with Gasteiger partial charge in [0.25, 0.3) is 0 Å². The summed E-state index contributed by atoms with van der Waals surface area (Å²) in [5.41, 5.74) is 4.20. The zero-order valence-electron chi connectivity index (χ0n) is 14.9. The van der Waals surface area contributed by atoms with Crippen molar-refractivity contribution in [2.75, 3.05) is 5.32 Å². The molecule has 0 radical (unpaired) electrons. The number of nitrogens with one attached hydrogen (secondary N) is 1. The van der Waals surface area contributed by atoms with Crippen molar-refractivity contribution in [1.82, 2.24) is 4.98 Å². The molecular formula is C20H22N2O3S. The smallest absolute Gasteiger partial charge is 0.307 e. The predicted molar refractivity (Wildman–Crippen MR) is 101 cm³/mol. The Morgan fingerprint density at radius 2 is 1.92 bits per heavy atom. The Morgan fingerprint density at radius 1 is 1.19 bits per heavy atom. The standard InChI is InChI=1S/C20H22N2O3S/c1-10-3-4-11(2)14(7-10)15-9-26-20(21-15)22-18(23)16-12-5-6-13(8-12)17(16)19(24)25/h3-4,7,9,12-13,16-17H,5-6,8H2,1-2H3,(H,24,25)(H,21,22,23). The third-order valence-corrected chi connectivity index (χ3v) is 6.67. The molecule has 2 fully saturated rings. The second-order valence-electron chi connectivity index (χ2n) is 7.57. The Balaban J connectivity index is 1.53. The number of amides is 1. The third-order valence-electron chi connectivity index (χ3n) is 5.91. The van der Waals surface area contributed by atoms with E-state index in [9.17, 15) is 14.7 Å². The van der Waals surface area contributed by atoms with E-state index in [0.29, 0.717) is 5.13 Å². The topological polar surface area (TPSA) is 79.3 Å². The second-order valence-corrected chi connectivity index (χ2v) is 8.43. The van der Waals surface area contributed by atoms with Crippen molar-refractivity contribution in [3.8, 4) is 11.3 Å². The van der Waals surface area contributed by atoms with Gasteiger partial charge in [0, 0.05) is 10.9 Å². The van der Waals surface area contributed by atoms with Gasteiger partial charge >= 0.3 is 5.97 Å². The molecule has 1 amide bonds. The first-order valence-electron chi connectivity index (χ1n) is 9.01. The van der Waals surface area contributed by atoms with Crippen molar-refractivity contribution in [2.45, 2.75) is 33.1 Å². The van der Waals surface area contributed by atoms with E-state index in [-0.39, 0.29) is 17.7 Å². The number of thiazole rings is 1. The summed E-state index contributed by atoms with van der Waals surface area (Å²) < 4.78 is 0. The molecule has 4 atom stereocenters. The Morgan fingerprint density at radius 3 is 2.65 bits per heavy atom. The fourth-order valence-corrected chi connectivity index (χ4v) is 5.39. The van der Waals surface area contributed by atoms with Gasteiger partial charge in [0.15, 0.2) is 5.13 Å². The first-order valence-corrected chi connectivity index (χ1v) is 9.89. The van der Waals surface area contributed by atoms with Gasteiger partial charge in [0.05, 0.1) is 17.5 Å². The highest BCUT2D eigenvalue weighted by atomic mass is 32.1. The van der Waals surface area contributed by atoms with E-state index >= 15 is 0 Å². The molecule has 2 saturated carbocycles. The molecule has 0 saturated heterocycles. The molecule has 136 valence electrons. The molecule has 2 aliphatic carbocycles. The number of carboxylic acid groups (broad SMARTS) is 1. The number of aliphatic carboxylic acids is 1. The number of carboxylic acids is 1. The molecule has 1 heterocycles. The molecule has 0 aliphatic heterocycles. The lowest BCUT2D eigenvalue weighted by Crippen LogP contribution is -2.37. The molecule has 2 N–H and O–H groups in total. The number of aryl methyl sites for hydroxylation is 2. The number of rotatable bonds is 4. The molecule has 26 heavy (non-hydrogen) atoms. The Bertz CT molecular complexity index is 876. The van der Waals surface area contributed by atoms with E-state index in [2.05, 4.69) is 28.5 Å². The lowest BCUT2D eigenvalue weighted by molar-refractivity contribution is -0.148. The average Bonchev–Trinajstić information content (AvgIpc) is 3.32. The maximum atomic E-state index is 12.8. The van der Waals surface area contributed by atoms with Gasteiger partial charge in [-0.25, -0.2) is 4.98 Å². The van der Waals surface area contributed by atoms with Gasteiger partial charge in [-0.1, -0.05) is 17.7 Å². The van der Waals surface area contributed by atoms with Gasteiger partial charge in [-0.3, -0.25) is 9.59 Å². The van der Waals surface area contributed by atoms with E-state index in [1.54, 1.807) is 0 Å². The van der Waals surface area contributed by atoms with Crippen molar-refractivity contribution in [1.29, 1.82) is 0 Å². The number of hydrogen-bond donors (Lipinski definition) is 2. The Labute approximate surface area is 156 Å². The van der Waals surface area contributed by atoms with E-state index in [4.69, 9.17) is 0 Å². The van der Waals surface area contributed by atoms with Crippen LogP contribution in [0.15, 0.2) is 23.6 Å². The summed E-state index contributed by atoms with van der Waals surface area (Å²) in [5.74, 6) is -1.67. The molecule has 0 spiro atoms. The number of anilines is 1. The fourth-order valence-electron chi connectivity index (χ4n) is 4.68. The zero-order valence-corrected chi connectivity index (χ0v) is 15.7. The van der Waals surface area contributed by atoms with Crippen molar-refractivity contribution in [2.24, 2.45) is 23.7 Å². The first-order chi connectivity index (χ1) is 12.4. The van der Waals surface area contributed by atoms with Crippen LogP contribution in [0.2, 0.25) is 0 Å². The fraction of sp³-hybridized carbons (Fsp3) is 0.450. The molecule has 4 unspecified atom stereocenters. The van der Waals surface area contributed by atoms with Crippen LogP contribution < -0.4 is 5.32 Å². The van der Waals surface area contributed by atoms with Gasteiger partial charge in [-0.15, -0.1) is 11.3 Å². The summed E-state index contributed by atoms with van der Waals surface area (Å²) in [4.78, 5) is 29.0. The zero-order chi connectivity index (χ0) is 18.4. The molecule has 1 aromatic carbocycles. The molecule has 1 aromatic heterocycles. The summed E-state index contributed by atoms with van der Waals surface area (Å²) in [6.07, 6.45) is 2.75. The van der Waals surface area contributed by atoms with Gasteiger partial charge < -0.3 is 10.4 Å². The van der Waals surface area contributed by atoms with Gasteiger partial charge in [0.1, 0.15) is 0 Å². The quantitative estimate of drug-likeness (QED) is 0.849. The summed E-state index contributed by atoms with van der Waals surface area (Å²) >= 11 is 1.39. The number of nitrogens with zero attached hydrogens (tertiary/aromatic N) is 1. The van der Waals surface area contributed by atoms with E-state index in [0.717, 1.165) is 41.6 Å². The van der Waals surface area contributed by atoms with Gasteiger partial charge in [-0.2, -0.15) is 0 Å². The second kappa shape index (κ2) is 6.50. The first kappa shape index (κ1) is 17.2. The van der Waals surface area contributed by atoms with Crippen LogP contribution in [0.4, 0.5) is 5.13 Å². The van der Waals surface area contributed by atoms with Crippen molar-refractivity contribution in [3.05, 3.63) is 34.7 Å². The highest BCUT2D eigenvalue weighted by Crippen LogP contribution is 2.52. The minimum absolute atomic E-state index is 0.148. The van der Waals surface area contributed by atoms with E-state index in [1.165, 1.54) is 11.3 Å². The maximum absolute atomic E-state index is 12.8. The highest BCUT2D eigenvalue weighted by molar-refractivity contribution is 7.14. The Hall–Kier alpha value is -2.21. The number of aromatic nitrogens is 1. The summed E-state index contributed by atoms with van der Waals surface area (Å²) in [7, 11) is 0. The van der Waals surface area contributed by atoms with Crippen molar-refractivity contribution < 1.29 is 14.7 Å². The number of carbonyl (C=O) groups excluding carboxylic acids is 1. The van der Waals surface area contributed by atoms with Gasteiger partial charge in [0.2, 0.25) is 5.91 Å². The van der Waals surface area contributed by atoms with Crippen LogP contribution >= 0.6 is 11.3 Å². The van der Waals surface area contributed by atoms with Crippen LogP contribution in [-0.4, -0.2) is 22.0 Å². The molecule has 2 aromatic rings.